The first-order chi connectivity index (χ1) is 4.47. The highest BCUT2D eigenvalue weighted by atomic mass is 32.1. The summed E-state index contributed by atoms with van der Waals surface area (Å²) in [5, 5.41) is 0. The maximum Gasteiger partial charge on any atom is 0.0812 e. The summed E-state index contributed by atoms with van der Waals surface area (Å²) in [6.07, 6.45) is 0. The fourth-order valence-corrected chi connectivity index (χ4v) is 1.48. The molecule has 0 saturated carbocycles. The molecule has 0 saturated heterocycles. The van der Waals surface area contributed by atoms with Gasteiger partial charge in [-0.2, -0.15) is 54.0 Å². The zero-order valence-corrected chi connectivity index (χ0v) is 11.6. The van der Waals surface area contributed by atoms with Crippen molar-refractivity contribution in [2.24, 2.45) is 0 Å². The predicted molar refractivity (Wildman–Crippen MR) is 81.1 cm³/mol. The van der Waals surface area contributed by atoms with Crippen molar-refractivity contribution < 1.29 is 0 Å². The van der Waals surface area contributed by atoms with Gasteiger partial charge in [0.15, 0.2) is 0 Å². The number of aromatic nitrogens is 1. The van der Waals surface area contributed by atoms with Gasteiger partial charge in [0.1, 0.15) is 0 Å². The minimum absolute atomic E-state index is 0. The van der Waals surface area contributed by atoms with Crippen LogP contribution in [0.1, 0.15) is 0 Å². The average Bonchev–Trinajstić information content (AvgIpc) is 2.33. The molecule has 2 aromatic rings. The number of nitrogens with zero attached hydrogens (tertiary/aromatic N) is 1. The van der Waals surface area contributed by atoms with E-state index in [1.165, 1.54) is 4.70 Å². The topological polar surface area (TPSA) is 12.9 Å². The highest BCUT2D eigenvalue weighted by Crippen LogP contribution is 2.15. The summed E-state index contributed by atoms with van der Waals surface area (Å²) >= 11 is 1.68. The largest absolute Gasteiger partial charge is 0.245 e. The fourth-order valence-electron chi connectivity index (χ4n) is 0.803. The number of benzene rings is 1. The molecule has 0 N–H and O–H groups in total. The normalized spacial score (nSPS) is 7.08. The first kappa shape index (κ1) is 19.1. The molecular weight excluding hydrogens is 258 g/mol. The number of rotatable bonds is 0. The van der Waals surface area contributed by atoms with E-state index in [2.05, 4.69) is 11.1 Å². The molecule has 0 aliphatic heterocycles. The predicted octanol–water partition coefficient (Wildman–Crippen LogP) is 2.75. The lowest BCUT2D eigenvalue weighted by atomic mass is 10.3. The monoisotopic (exact) mass is 271 g/mol. The Morgan fingerprint density at radius 1 is 0.923 bits per heavy atom. The first-order valence-electron chi connectivity index (χ1n) is 2.75. The number of para-hydroxylation sites is 1. The average molecular weight is 272 g/mol. The van der Waals surface area contributed by atoms with Crippen LogP contribution < -0.4 is 0 Å². The molecule has 0 fully saturated rings. The molecule has 1 aromatic heterocycles. The summed E-state index contributed by atoms with van der Waals surface area (Å²) in [6, 6.07) is 8.13. The molecule has 1 heterocycles. The zero-order valence-electron chi connectivity index (χ0n) is 6.74. The molecule has 0 spiro atoms. The van der Waals surface area contributed by atoms with E-state index in [0.717, 1.165) is 5.52 Å². The summed E-state index contributed by atoms with van der Waals surface area (Å²) in [5.41, 5.74) is 2.97. The van der Waals surface area contributed by atoms with Crippen LogP contribution in [-0.4, -0.2) is 4.98 Å². The van der Waals surface area contributed by atoms with Crippen molar-refractivity contribution in [1.29, 1.82) is 0 Å². The van der Waals surface area contributed by atoms with Crippen LogP contribution in [-0.2, 0) is 0 Å². The second-order valence-electron chi connectivity index (χ2n) is 1.82. The summed E-state index contributed by atoms with van der Waals surface area (Å²) in [4.78, 5) is 4.14. The molecule has 0 aliphatic carbocycles. The molecule has 0 amide bonds. The van der Waals surface area contributed by atoms with Crippen molar-refractivity contribution >= 4 is 75.5 Å². The van der Waals surface area contributed by atoms with E-state index in [-0.39, 0.29) is 54.0 Å². The van der Waals surface area contributed by atoms with E-state index in [0.29, 0.717) is 0 Å². The number of hydrogen-bond donors (Lipinski definition) is 0. The number of thiazole rings is 1. The van der Waals surface area contributed by atoms with Crippen LogP contribution in [0, 0.1) is 0 Å². The Morgan fingerprint density at radius 2 is 1.54 bits per heavy atom. The molecule has 0 unspecified atom stereocenters. The second-order valence-corrected chi connectivity index (χ2v) is 2.71. The zero-order chi connectivity index (χ0) is 6.10. The molecule has 0 atom stereocenters. The van der Waals surface area contributed by atoms with Crippen LogP contribution in [0.15, 0.2) is 29.8 Å². The van der Waals surface area contributed by atoms with Crippen molar-refractivity contribution in [3.8, 4) is 0 Å². The van der Waals surface area contributed by atoms with E-state index in [4.69, 9.17) is 0 Å². The van der Waals surface area contributed by atoms with Crippen molar-refractivity contribution in [3.63, 3.8) is 0 Å². The Morgan fingerprint density at radius 3 is 2.15 bits per heavy atom. The lowest BCUT2D eigenvalue weighted by Gasteiger charge is -1.80. The molecule has 0 radical (unpaired) electrons. The van der Waals surface area contributed by atoms with Crippen molar-refractivity contribution in [2.75, 3.05) is 0 Å². The maximum absolute atomic E-state index is 4.14. The van der Waals surface area contributed by atoms with Gasteiger partial charge in [-0.25, -0.2) is 4.98 Å². The lowest BCUT2D eigenvalue weighted by Crippen LogP contribution is -1.61. The summed E-state index contributed by atoms with van der Waals surface area (Å²) in [5.74, 6) is 0. The van der Waals surface area contributed by atoms with Crippen LogP contribution in [0.3, 0.4) is 0 Å². The Balaban J connectivity index is -0.000000250. The van der Waals surface area contributed by atoms with Crippen molar-refractivity contribution in [1.82, 2.24) is 4.98 Å². The SMILES string of the molecule is S.S.S.S.c1ccc2scnc2c1. The molecule has 13 heavy (non-hydrogen) atoms. The van der Waals surface area contributed by atoms with Crippen LogP contribution >= 0.6 is 65.3 Å². The molecule has 1 nitrogen and oxygen atoms in total. The molecule has 1 aromatic carbocycles. The summed E-state index contributed by atoms with van der Waals surface area (Å²) in [6.45, 7) is 0. The van der Waals surface area contributed by atoms with E-state index in [1.54, 1.807) is 11.3 Å². The van der Waals surface area contributed by atoms with Gasteiger partial charge in [0.2, 0.25) is 0 Å². The number of fused-ring (bicyclic) bond motifs is 1. The Labute approximate surface area is 110 Å². The van der Waals surface area contributed by atoms with Gasteiger partial charge in [-0.1, -0.05) is 12.1 Å². The van der Waals surface area contributed by atoms with Gasteiger partial charge in [-0.15, -0.1) is 11.3 Å². The third kappa shape index (κ3) is 4.51. The van der Waals surface area contributed by atoms with Gasteiger partial charge in [-0.05, 0) is 12.1 Å². The van der Waals surface area contributed by atoms with Gasteiger partial charge in [0, 0.05) is 0 Å². The van der Waals surface area contributed by atoms with E-state index >= 15 is 0 Å². The van der Waals surface area contributed by atoms with Gasteiger partial charge in [0.25, 0.3) is 0 Å². The molecule has 2 rings (SSSR count). The van der Waals surface area contributed by atoms with Crippen molar-refractivity contribution in [2.45, 2.75) is 0 Å². The van der Waals surface area contributed by atoms with Crippen LogP contribution in [0.4, 0.5) is 0 Å². The molecule has 0 bridgehead atoms. The van der Waals surface area contributed by atoms with Gasteiger partial charge >= 0.3 is 0 Å². The Bertz CT molecular complexity index is 291. The molecule has 76 valence electrons. The highest BCUT2D eigenvalue weighted by molar-refractivity contribution is 7.59. The van der Waals surface area contributed by atoms with Gasteiger partial charge in [0.05, 0.1) is 15.7 Å². The van der Waals surface area contributed by atoms with Crippen LogP contribution in [0.2, 0.25) is 0 Å². The quantitative estimate of drug-likeness (QED) is 0.718. The highest BCUT2D eigenvalue weighted by Gasteiger charge is 1.89. The molecule has 6 heteroatoms. The summed E-state index contributed by atoms with van der Waals surface area (Å²) < 4.78 is 1.26. The minimum atomic E-state index is 0. The van der Waals surface area contributed by atoms with Crippen LogP contribution in [0.25, 0.3) is 10.2 Å². The van der Waals surface area contributed by atoms with E-state index < -0.39 is 0 Å². The Hall–Kier alpha value is 0.510. The molecular formula is C7H13NS5. The van der Waals surface area contributed by atoms with Crippen LogP contribution in [0.5, 0.6) is 0 Å². The molecule has 0 aliphatic rings. The lowest BCUT2D eigenvalue weighted by molar-refractivity contribution is 1.50. The first-order valence-corrected chi connectivity index (χ1v) is 3.63. The minimum Gasteiger partial charge on any atom is -0.245 e. The smallest absolute Gasteiger partial charge is 0.0812 e. The van der Waals surface area contributed by atoms with E-state index in [1.807, 2.05) is 23.7 Å². The third-order valence-corrected chi connectivity index (χ3v) is 2.05. The fraction of sp³-hybridized carbons (Fsp3) is 0. The standard InChI is InChI=1S/C7H5NS.4H2S/c1-2-4-7-6(3-1)8-5-9-7;;;;/h1-5H;4*1H2. The third-order valence-electron chi connectivity index (χ3n) is 1.24. The van der Waals surface area contributed by atoms with Gasteiger partial charge < -0.3 is 0 Å². The van der Waals surface area contributed by atoms with E-state index in [9.17, 15) is 0 Å². The maximum atomic E-state index is 4.14. The van der Waals surface area contributed by atoms with Crippen molar-refractivity contribution in [3.05, 3.63) is 29.8 Å². The van der Waals surface area contributed by atoms with Gasteiger partial charge in [-0.3, -0.25) is 0 Å². The summed E-state index contributed by atoms with van der Waals surface area (Å²) in [7, 11) is 0. The number of hydrogen-bond acceptors (Lipinski definition) is 2. The Kier molecular flexibility index (Phi) is 13.4. The second kappa shape index (κ2) is 9.08.